The Kier molecular flexibility index (Phi) is 5.26. The molecule has 0 heterocycles. The summed E-state index contributed by atoms with van der Waals surface area (Å²) < 4.78 is 5.74. The lowest BCUT2D eigenvalue weighted by Gasteiger charge is -2.38. The summed E-state index contributed by atoms with van der Waals surface area (Å²) in [7, 11) is 2.06. The normalized spacial score (nSPS) is 23.6. The van der Waals surface area contributed by atoms with Crippen LogP contribution in [0.1, 0.15) is 53.4 Å². The van der Waals surface area contributed by atoms with Gasteiger partial charge in [0.1, 0.15) is 0 Å². The number of rotatable bonds is 5. The zero-order valence-electron chi connectivity index (χ0n) is 11.7. The average molecular weight is 227 g/mol. The molecule has 0 spiro atoms. The molecule has 0 saturated heterocycles. The van der Waals surface area contributed by atoms with Gasteiger partial charge < -0.3 is 10.1 Å². The molecule has 1 saturated carbocycles. The van der Waals surface area contributed by atoms with Crippen molar-refractivity contribution in [2.45, 2.75) is 65.5 Å². The van der Waals surface area contributed by atoms with Crippen molar-refractivity contribution in [3.8, 4) is 0 Å². The van der Waals surface area contributed by atoms with E-state index in [2.05, 4.69) is 40.1 Å². The largest absolute Gasteiger partial charge is 0.377 e. The highest BCUT2D eigenvalue weighted by Gasteiger charge is 2.30. The summed E-state index contributed by atoms with van der Waals surface area (Å²) in [6, 6.07) is 0.540. The summed E-state index contributed by atoms with van der Waals surface area (Å²) in [6.07, 6.45) is 5.76. The van der Waals surface area contributed by atoms with E-state index in [1.54, 1.807) is 0 Å². The van der Waals surface area contributed by atoms with Crippen LogP contribution in [0.25, 0.3) is 0 Å². The van der Waals surface area contributed by atoms with Gasteiger partial charge in [-0.05, 0) is 57.9 Å². The highest BCUT2D eigenvalue weighted by Crippen LogP contribution is 2.39. The molecule has 1 N–H and O–H groups in total. The first-order chi connectivity index (χ1) is 7.44. The van der Waals surface area contributed by atoms with Gasteiger partial charge in [-0.3, -0.25) is 0 Å². The van der Waals surface area contributed by atoms with Crippen molar-refractivity contribution in [1.29, 1.82) is 0 Å². The Hall–Kier alpha value is -0.0800. The summed E-state index contributed by atoms with van der Waals surface area (Å²) in [5, 5.41) is 3.43. The lowest BCUT2D eigenvalue weighted by molar-refractivity contribution is 0.0377. The Labute approximate surface area is 101 Å². The molecule has 0 aromatic carbocycles. The molecule has 0 aromatic heterocycles. The second-order valence-corrected chi connectivity index (χ2v) is 6.28. The predicted molar refractivity (Wildman–Crippen MR) is 69.7 cm³/mol. The summed E-state index contributed by atoms with van der Waals surface area (Å²) in [6.45, 7) is 9.86. The Morgan fingerprint density at radius 3 is 2.25 bits per heavy atom. The molecule has 0 bridgehead atoms. The summed E-state index contributed by atoms with van der Waals surface area (Å²) in [5.41, 5.74) is 0.563. The van der Waals surface area contributed by atoms with E-state index in [1.807, 2.05) is 0 Å². The predicted octanol–water partition coefficient (Wildman–Crippen LogP) is 3.22. The first kappa shape index (κ1) is 14.0. The molecule has 1 unspecified atom stereocenters. The molecule has 1 aliphatic carbocycles. The summed E-state index contributed by atoms with van der Waals surface area (Å²) >= 11 is 0. The molecule has 1 rings (SSSR count). The fourth-order valence-electron chi connectivity index (χ4n) is 2.58. The molecule has 1 atom stereocenters. The van der Waals surface area contributed by atoms with Gasteiger partial charge in [0.2, 0.25) is 0 Å². The fourth-order valence-corrected chi connectivity index (χ4v) is 2.58. The first-order valence-electron chi connectivity index (χ1n) is 6.73. The zero-order chi connectivity index (χ0) is 12.2. The molecular formula is C14H29NO. The molecule has 1 aliphatic rings. The Morgan fingerprint density at radius 1 is 1.25 bits per heavy atom. The van der Waals surface area contributed by atoms with E-state index < -0.39 is 0 Å². The number of hydrogen-bond donors (Lipinski definition) is 1. The first-order valence-corrected chi connectivity index (χ1v) is 6.73. The van der Waals surface area contributed by atoms with E-state index in [0.29, 0.717) is 17.6 Å². The SMILES string of the molecule is CNC(COC(C)C)C1CCC(C)(C)CC1. The second kappa shape index (κ2) is 6.02. The van der Waals surface area contributed by atoms with E-state index in [1.165, 1.54) is 25.7 Å². The van der Waals surface area contributed by atoms with Gasteiger partial charge in [-0.1, -0.05) is 13.8 Å². The smallest absolute Gasteiger partial charge is 0.0625 e. The maximum atomic E-state index is 5.74. The average Bonchev–Trinajstić information content (AvgIpc) is 2.20. The summed E-state index contributed by atoms with van der Waals surface area (Å²) in [4.78, 5) is 0. The molecule has 1 fully saturated rings. The Balaban J connectivity index is 2.37. The molecule has 0 amide bonds. The van der Waals surface area contributed by atoms with Crippen LogP contribution >= 0.6 is 0 Å². The minimum absolute atomic E-state index is 0.343. The van der Waals surface area contributed by atoms with Crippen molar-refractivity contribution in [3.05, 3.63) is 0 Å². The van der Waals surface area contributed by atoms with Gasteiger partial charge in [0.15, 0.2) is 0 Å². The highest BCUT2D eigenvalue weighted by molar-refractivity contribution is 4.84. The van der Waals surface area contributed by atoms with Gasteiger partial charge in [-0.25, -0.2) is 0 Å². The van der Waals surface area contributed by atoms with Crippen LogP contribution in [0.4, 0.5) is 0 Å². The topological polar surface area (TPSA) is 21.3 Å². The molecule has 2 heteroatoms. The summed E-state index contributed by atoms with van der Waals surface area (Å²) in [5.74, 6) is 0.803. The van der Waals surface area contributed by atoms with Gasteiger partial charge in [-0.2, -0.15) is 0 Å². The lowest BCUT2D eigenvalue weighted by atomic mass is 9.71. The van der Waals surface area contributed by atoms with Crippen LogP contribution < -0.4 is 5.32 Å². The third-order valence-electron chi connectivity index (χ3n) is 3.93. The van der Waals surface area contributed by atoms with Gasteiger partial charge in [0, 0.05) is 6.04 Å². The fraction of sp³-hybridized carbons (Fsp3) is 1.00. The number of ether oxygens (including phenoxy) is 1. The maximum absolute atomic E-state index is 5.74. The van der Waals surface area contributed by atoms with Crippen molar-refractivity contribution >= 4 is 0 Å². The standard InChI is InChI=1S/C14H29NO/c1-11(2)16-10-13(15-5)12-6-8-14(3,4)9-7-12/h11-13,15H,6-10H2,1-5H3. The molecule has 0 aromatic rings. The van der Waals surface area contributed by atoms with Crippen LogP contribution in [-0.2, 0) is 4.74 Å². The molecular weight excluding hydrogens is 198 g/mol. The number of hydrogen-bond acceptors (Lipinski definition) is 2. The zero-order valence-corrected chi connectivity index (χ0v) is 11.7. The Bertz CT molecular complexity index is 188. The minimum atomic E-state index is 0.343. The van der Waals surface area contributed by atoms with Crippen molar-refractivity contribution < 1.29 is 4.74 Å². The van der Waals surface area contributed by atoms with Crippen molar-refractivity contribution in [2.24, 2.45) is 11.3 Å². The molecule has 2 nitrogen and oxygen atoms in total. The molecule has 96 valence electrons. The third-order valence-corrected chi connectivity index (χ3v) is 3.93. The number of nitrogens with one attached hydrogen (secondary N) is 1. The van der Waals surface area contributed by atoms with Gasteiger partial charge in [-0.15, -0.1) is 0 Å². The maximum Gasteiger partial charge on any atom is 0.0625 e. The molecule has 0 aliphatic heterocycles. The lowest BCUT2D eigenvalue weighted by Crippen LogP contribution is -2.41. The van der Waals surface area contributed by atoms with Crippen LogP contribution in [0.5, 0.6) is 0 Å². The number of likely N-dealkylation sites (N-methyl/N-ethyl adjacent to an activating group) is 1. The Morgan fingerprint density at radius 2 is 1.81 bits per heavy atom. The van der Waals surface area contributed by atoms with E-state index >= 15 is 0 Å². The monoisotopic (exact) mass is 227 g/mol. The molecule has 0 radical (unpaired) electrons. The van der Waals surface area contributed by atoms with Crippen LogP contribution in [0.3, 0.4) is 0 Å². The van der Waals surface area contributed by atoms with Crippen molar-refractivity contribution in [3.63, 3.8) is 0 Å². The van der Waals surface area contributed by atoms with Gasteiger partial charge in [0.05, 0.1) is 12.7 Å². The van der Waals surface area contributed by atoms with E-state index in [0.717, 1.165) is 12.5 Å². The van der Waals surface area contributed by atoms with Crippen LogP contribution in [0.2, 0.25) is 0 Å². The quantitative estimate of drug-likeness (QED) is 0.778. The molecule has 16 heavy (non-hydrogen) atoms. The van der Waals surface area contributed by atoms with E-state index in [-0.39, 0.29) is 0 Å². The van der Waals surface area contributed by atoms with E-state index in [4.69, 9.17) is 4.74 Å². The second-order valence-electron chi connectivity index (χ2n) is 6.28. The van der Waals surface area contributed by atoms with Crippen LogP contribution in [0.15, 0.2) is 0 Å². The van der Waals surface area contributed by atoms with Crippen molar-refractivity contribution in [1.82, 2.24) is 5.32 Å². The minimum Gasteiger partial charge on any atom is -0.377 e. The third kappa shape index (κ3) is 4.42. The van der Waals surface area contributed by atoms with Gasteiger partial charge in [0.25, 0.3) is 0 Å². The van der Waals surface area contributed by atoms with Gasteiger partial charge >= 0.3 is 0 Å². The van der Waals surface area contributed by atoms with Crippen LogP contribution in [-0.4, -0.2) is 25.8 Å². The van der Waals surface area contributed by atoms with Crippen LogP contribution in [0, 0.1) is 11.3 Å². The van der Waals surface area contributed by atoms with E-state index in [9.17, 15) is 0 Å². The highest BCUT2D eigenvalue weighted by atomic mass is 16.5. The van der Waals surface area contributed by atoms with Crippen molar-refractivity contribution in [2.75, 3.05) is 13.7 Å².